The summed E-state index contributed by atoms with van der Waals surface area (Å²) >= 11 is 0. The second-order valence-electron chi connectivity index (χ2n) is 5.02. The molecule has 1 aromatic rings. The van der Waals surface area contributed by atoms with E-state index < -0.39 is 0 Å². The van der Waals surface area contributed by atoms with Gasteiger partial charge in [0.15, 0.2) is 0 Å². The van der Waals surface area contributed by atoms with Gasteiger partial charge in [0.1, 0.15) is 0 Å². The molecule has 102 valence electrons. The quantitative estimate of drug-likeness (QED) is 0.813. The van der Waals surface area contributed by atoms with Crippen molar-refractivity contribution in [1.82, 2.24) is 10.6 Å². The third-order valence-electron chi connectivity index (χ3n) is 3.70. The maximum atomic E-state index is 11.9. The predicted octanol–water partition coefficient (Wildman–Crippen LogP) is 2.20. The summed E-state index contributed by atoms with van der Waals surface area (Å²) in [6.45, 7) is 4.13. The lowest BCUT2D eigenvalue weighted by atomic mass is 9.90. The first-order chi connectivity index (χ1) is 9.29. The molecule has 1 amide bonds. The van der Waals surface area contributed by atoms with Gasteiger partial charge in [-0.3, -0.25) is 4.79 Å². The van der Waals surface area contributed by atoms with E-state index in [0.717, 1.165) is 31.5 Å². The molecule has 1 saturated heterocycles. The predicted molar refractivity (Wildman–Crippen MR) is 78.7 cm³/mol. The Hall–Kier alpha value is -1.61. The molecule has 0 aliphatic carbocycles. The second kappa shape index (κ2) is 7.10. The number of benzene rings is 1. The molecule has 19 heavy (non-hydrogen) atoms. The number of carbonyl (C=O) groups is 1. The zero-order chi connectivity index (χ0) is 13.5. The van der Waals surface area contributed by atoms with Gasteiger partial charge in [0.05, 0.1) is 0 Å². The molecule has 0 spiro atoms. The van der Waals surface area contributed by atoms with Gasteiger partial charge in [-0.25, -0.2) is 0 Å². The Bertz CT molecular complexity index is 428. The highest BCUT2D eigenvalue weighted by atomic mass is 16.1. The van der Waals surface area contributed by atoms with Crippen molar-refractivity contribution in [3.63, 3.8) is 0 Å². The molecule has 1 aliphatic rings. The zero-order valence-corrected chi connectivity index (χ0v) is 11.4. The van der Waals surface area contributed by atoms with E-state index in [2.05, 4.69) is 17.6 Å². The first-order valence-electron chi connectivity index (χ1n) is 7.04. The highest BCUT2D eigenvalue weighted by Gasteiger charge is 2.23. The molecule has 3 heteroatoms. The zero-order valence-electron chi connectivity index (χ0n) is 11.4. The SMILES string of the molecule is CCC1CCNCC1NC(=O)/C=C/c1ccccc1. The van der Waals surface area contributed by atoms with Crippen molar-refractivity contribution in [1.29, 1.82) is 0 Å². The van der Waals surface area contributed by atoms with Crippen LogP contribution in [0.1, 0.15) is 25.3 Å². The minimum absolute atomic E-state index is 0.00370. The average Bonchev–Trinajstić information content (AvgIpc) is 2.47. The van der Waals surface area contributed by atoms with Gasteiger partial charge in [0, 0.05) is 18.7 Å². The summed E-state index contributed by atoms with van der Waals surface area (Å²) in [6, 6.07) is 10.1. The van der Waals surface area contributed by atoms with Crippen molar-refractivity contribution >= 4 is 12.0 Å². The van der Waals surface area contributed by atoms with Crippen LogP contribution >= 0.6 is 0 Å². The van der Waals surface area contributed by atoms with Crippen LogP contribution in [0.3, 0.4) is 0 Å². The van der Waals surface area contributed by atoms with Crippen LogP contribution in [-0.2, 0) is 4.79 Å². The Morgan fingerprint density at radius 3 is 2.95 bits per heavy atom. The van der Waals surface area contributed by atoms with Gasteiger partial charge < -0.3 is 10.6 Å². The molecule has 2 N–H and O–H groups in total. The van der Waals surface area contributed by atoms with Crippen molar-refractivity contribution in [3.8, 4) is 0 Å². The van der Waals surface area contributed by atoms with E-state index in [-0.39, 0.29) is 11.9 Å². The van der Waals surface area contributed by atoms with E-state index in [1.54, 1.807) is 6.08 Å². The molecule has 3 nitrogen and oxygen atoms in total. The Kier molecular flexibility index (Phi) is 5.16. The van der Waals surface area contributed by atoms with Crippen LogP contribution in [0.2, 0.25) is 0 Å². The number of carbonyl (C=O) groups excluding carboxylic acids is 1. The average molecular weight is 258 g/mol. The standard InChI is InChI=1S/C16H22N2O/c1-2-14-10-11-17-12-15(14)18-16(19)9-8-13-6-4-3-5-7-13/h3-9,14-15,17H,2,10-12H2,1H3,(H,18,19)/b9-8+. The maximum Gasteiger partial charge on any atom is 0.244 e. The van der Waals surface area contributed by atoms with E-state index in [0.29, 0.717) is 5.92 Å². The van der Waals surface area contributed by atoms with Gasteiger partial charge in [-0.2, -0.15) is 0 Å². The number of piperidine rings is 1. The molecule has 0 saturated carbocycles. The van der Waals surface area contributed by atoms with E-state index in [1.807, 2.05) is 36.4 Å². The van der Waals surface area contributed by atoms with Crippen molar-refractivity contribution in [2.24, 2.45) is 5.92 Å². The number of nitrogens with one attached hydrogen (secondary N) is 2. The number of amides is 1. The number of hydrogen-bond acceptors (Lipinski definition) is 2. The Morgan fingerprint density at radius 2 is 2.21 bits per heavy atom. The first-order valence-corrected chi connectivity index (χ1v) is 7.04. The molecule has 0 radical (unpaired) electrons. The smallest absolute Gasteiger partial charge is 0.244 e. The van der Waals surface area contributed by atoms with Crippen LogP contribution in [0.5, 0.6) is 0 Å². The maximum absolute atomic E-state index is 11.9. The molecule has 1 aromatic carbocycles. The van der Waals surface area contributed by atoms with Crippen LogP contribution in [-0.4, -0.2) is 25.0 Å². The Morgan fingerprint density at radius 1 is 1.42 bits per heavy atom. The highest BCUT2D eigenvalue weighted by Crippen LogP contribution is 2.16. The van der Waals surface area contributed by atoms with Gasteiger partial charge in [-0.1, -0.05) is 43.7 Å². The summed E-state index contributed by atoms with van der Waals surface area (Å²) in [6.07, 6.45) is 5.74. The minimum Gasteiger partial charge on any atom is -0.348 e. The summed E-state index contributed by atoms with van der Waals surface area (Å²) in [7, 11) is 0. The van der Waals surface area contributed by atoms with Crippen LogP contribution < -0.4 is 10.6 Å². The lowest BCUT2D eigenvalue weighted by Crippen LogP contribution is -2.50. The van der Waals surface area contributed by atoms with Crippen LogP contribution in [0.4, 0.5) is 0 Å². The summed E-state index contributed by atoms with van der Waals surface area (Å²) in [5.41, 5.74) is 1.05. The molecule has 1 aliphatic heterocycles. The van der Waals surface area contributed by atoms with Gasteiger partial charge in [0.2, 0.25) is 5.91 Å². The van der Waals surface area contributed by atoms with Crippen LogP contribution in [0, 0.1) is 5.92 Å². The van der Waals surface area contributed by atoms with Crippen molar-refractivity contribution < 1.29 is 4.79 Å². The third kappa shape index (κ3) is 4.21. The van der Waals surface area contributed by atoms with Crippen LogP contribution in [0.15, 0.2) is 36.4 Å². The van der Waals surface area contributed by atoms with E-state index in [9.17, 15) is 4.79 Å². The summed E-state index contributed by atoms with van der Waals surface area (Å²) in [4.78, 5) is 11.9. The number of hydrogen-bond donors (Lipinski definition) is 2. The Balaban J connectivity index is 1.88. The molecule has 2 rings (SSSR count). The van der Waals surface area contributed by atoms with Crippen LogP contribution in [0.25, 0.3) is 6.08 Å². The largest absolute Gasteiger partial charge is 0.348 e. The van der Waals surface area contributed by atoms with Crippen molar-refractivity contribution in [3.05, 3.63) is 42.0 Å². The molecule has 0 bridgehead atoms. The minimum atomic E-state index is -0.00370. The van der Waals surface area contributed by atoms with Crippen molar-refractivity contribution in [2.45, 2.75) is 25.8 Å². The van der Waals surface area contributed by atoms with Gasteiger partial charge in [-0.05, 0) is 30.5 Å². The third-order valence-corrected chi connectivity index (χ3v) is 3.70. The van der Waals surface area contributed by atoms with E-state index >= 15 is 0 Å². The molecule has 1 heterocycles. The lowest BCUT2D eigenvalue weighted by molar-refractivity contribution is -0.117. The molecule has 0 aromatic heterocycles. The topological polar surface area (TPSA) is 41.1 Å². The molecular weight excluding hydrogens is 236 g/mol. The van der Waals surface area contributed by atoms with Crippen molar-refractivity contribution in [2.75, 3.05) is 13.1 Å². The summed E-state index contributed by atoms with van der Waals surface area (Å²) in [5, 5.41) is 6.44. The summed E-state index contributed by atoms with van der Waals surface area (Å²) in [5.74, 6) is 0.589. The van der Waals surface area contributed by atoms with E-state index in [1.165, 1.54) is 0 Å². The number of rotatable bonds is 4. The first kappa shape index (κ1) is 13.8. The normalized spacial score (nSPS) is 23.4. The molecule has 1 fully saturated rings. The fraction of sp³-hybridized carbons (Fsp3) is 0.438. The molecule has 2 unspecified atom stereocenters. The molecular formula is C16H22N2O. The van der Waals surface area contributed by atoms with Gasteiger partial charge in [0.25, 0.3) is 0 Å². The molecule has 2 atom stereocenters. The summed E-state index contributed by atoms with van der Waals surface area (Å²) < 4.78 is 0. The second-order valence-corrected chi connectivity index (χ2v) is 5.02. The van der Waals surface area contributed by atoms with Gasteiger partial charge in [-0.15, -0.1) is 0 Å². The highest BCUT2D eigenvalue weighted by molar-refractivity contribution is 5.91. The fourth-order valence-corrected chi connectivity index (χ4v) is 2.54. The Labute approximate surface area is 115 Å². The van der Waals surface area contributed by atoms with E-state index in [4.69, 9.17) is 0 Å². The fourth-order valence-electron chi connectivity index (χ4n) is 2.54. The lowest BCUT2D eigenvalue weighted by Gasteiger charge is -2.31. The van der Waals surface area contributed by atoms with Gasteiger partial charge >= 0.3 is 0 Å². The monoisotopic (exact) mass is 258 g/mol.